The number of sulfone groups is 1. The van der Waals surface area contributed by atoms with Gasteiger partial charge in [-0.3, -0.25) is 9.59 Å². The number of hydrogen-bond acceptors (Lipinski definition) is 8. The van der Waals surface area contributed by atoms with E-state index in [-0.39, 0.29) is 40.7 Å². The molecule has 0 aromatic carbocycles. The second-order valence-electron chi connectivity index (χ2n) is 7.96. The number of aromatic amines is 1. The zero-order valence-corrected chi connectivity index (χ0v) is 20.4. The number of rotatable bonds is 7. The minimum absolute atomic E-state index is 0.0257. The first-order valence-corrected chi connectivity index (χ1v) is 14.5. The monoisotopic (exact) mass is 497 g/mol. The van der Waals surface area contributed by atoms with Crippen LogP contribution in [0.1, 0.15) is 20.3 Å². The number of nitrogens with zero attached hydrogens (tertiary/aromatic N) is 2. The molecule has 1 saturated heterocycles. The fraction of sp³-hybridized carbons (Fsp3) is 0.450. The third kappa shape index (κ3) is 5.05. The van der Waals surface area contributed by atoms with Crippen LogP contribution in [-0.4, -0.2) is 59.0 Å². The van der Waals surface area contributed by atoms with Gasteiger partial charge in [0.05, 0.1) is 22.6 Å². The molecule has 1 fully saturated rings. The normalized spacial score (nSPS) is 18.1. The predicted molar refractivity (Wildman–Crippen MR) is 128 cm³/mol. The van der Waals surface area contributed by atoms with Crippen molar-refractivity contribution in [3.8, 4) is 10.4 Å². The number of thiophene rings is 2. The molecular formula is C20H23N3O4S4. The maximum atomic E-state index is 13.0. The number of aromatic nitrogens is 2. The molecule has 1 aliphatic rings. The van der Waals surface area contributed by atoms with Gasteiger partial charge in [-0.1, -0.05) is 31.7 Å². The van der Waals surface area contributed by atoms with Gasteiger partial charge in [0.25, 0.3) is 5.56 Å². The van der Waals surface area contributed by atoms with Gasteiger partial charge in [0, 0.05) is 28.4 Å². The van der Waals surface area contributed by atoms with E-state index in [4.69, 9.17) is 0 Å². The molecule has 4 rings (SSSR count). The van der Waals surface area contributed by atoms with Crippen molar-refractivity contribution in [2.75, 3.05) is 23.8 Å². The van der Waals surface area contributed by atoms with Gasteiger partial charge in [-0.15, -0.1) is 22.7 Å². The van der Waals surface area contributed by atoms with Crippen molar-refractivity contribution in [1.29, 1.82) is 0 Å². The molecule has 0 radical (unpaired) electrons. The smallest absolute Gasteiger partial charge is 0.260 e. The van der Waals surface area contributed by atoms with Crippen molar-refractivity contribution >= 4 is 60.4 Å². The zero-order valence-electron chi connectivity index (χ0n) is 17.2. The minimum Gasteiger partial charge on any atom is -0.338 e. The van der Waals surface area contributed by atoms with E-state index in [1.807, 2.05) is 36.7 Å². The lowest BCUT2D eigenvalue weighted by molar-refractivity contribution is -0.130. The molecule has 0 spiro atoms. The second-order valence-corrected chi connectivity index (χ2v) is 13.0. The van der Waals surface area contributed by atoms with Gasteiger partial charge < -0.3 is 9.88 Å². The molecule has 11 heteroatoms. The second kappa shape index (κ2) is 9.05. The van der Waals surface area contributed by atoms with Crippen LogP contribution in [0.25, 0.3) is 20.7 Å². The van der Waals surface area contributed by atoms with Crippen LogP contribution in [0, 0.1) is 5.92 Å². The van der Waals surface area contributed by atoms with E-state index in [0.29, 0.717) is 28.3 Å². The Morgan fingerprint density at radius 1 is 1.39 bits per heavy atom. The van der Waals surface area contributed by atoms with E-state index < -0.39 is 9.84 Å². The number of hydrogen-bond donors (Lipinski definition) is 1. The molecule has 3 aromatic rings. The lowest BCUT2D eigenvalue weighted by atomic mass is 10.1. The van der Waals surface area contributed by atoms with Gasteiger partial charge in [-0.25, -0.2) is 13.4 Å². The van der Waals surface area contributed by atoms with Crippen LogP contribution in [0.3, 0.4) is 0 Å². The van der Waals surface area contributed by atoms with Crippen molar-refractivity contribution in [2.45, 2.75) is 31.5 Å². The molecule has 7 nitrogen and oxygen atoms in total. The van der Waals surface area contributed by atoms with Gasteiger partial charge in [0.1, 0.15) is 4.83 Å². The predicted octanol–water partition coefficient (Wildman–Crippen LogP) is 3.48. The summed E-state index contributed by atoms with van der Waals surface area (Å²) in [6.45, 7) is 4.52. The fourth-order valence-corrected chi connectivity index (χ4v) is 7.99. The van der Waals surface area contributed by atoms with E-state index >= 15 is 0 Å². The summed E-state index contributed by atoms with van der Waals surface area (Å²) in [6, 6.07) is 3.64. The Kier molecular flexibility index (Phi) is 6.57. The van der Waals surface area contributed by atoms with Gasteiger partial charge in [0.15, 0.2) is 15.0 Å². The molecule has 1 amide bonds. The average molecular weight is 498 g/mol. The summed E-state index contributed by atoms with van der Waals surface area (Å²) in [5.41, 5.74) is 0.660. The Morgan fingerprint density at radius 3 is 2.84 bits per heavy atom. The summed E-state index contributed by atoms with van der Waals surface area (Å²) in [5, 5.41) is 4.87. The summed E-state index contributed by atoms with van der Waals surface area (Å²) < 4.78 is 23.8. The Hall–Kier alpha value is -1.69. The topological polar surface area (TPSA) is 100 Å². The minimum atomic E-state index is -3.08. The molecule has 0 aliphatic carbocycles. The van der Waals surface area contributed by atoms with Gasteiger partial charge >= 0.3 is 0 Å². The highest BCUT2D eigenvalue weighted by molar-refractivity contribution is 7.99. The standard InChI is InChI=1S/C20H23N3O4S4/c1-12(2)8-23(13-5-7-31(26,27)11-13)16(24)10-30-20-21-18(25)17-14(9-29-19(17)22-20)15-4-3-6-28-15/h3-4,6,9,12-13H,5,7-8,10-11H2,1-2H3,(H,21,22,25). The maximum Gasteiger partial charge on any atom is 0.260 e. The molecule has 3 aromatic heterocycles. The lowest BCUT2D eigenvalue weighted by Gasteiger charge is -2.29. The van der Waals surface area contributed by atoms with E-state index in [0.717, 1.165) is 10.4 Å². The number of fused-ring (bicyclic) bond motifs is 1. The third-order valence-electron chi connectivity index (χ3n) is 5.07. The molecule has 0 saturated carbocycles. The Bertz CT molecular complexity index is 1250. The van der Waals surface area contributed by atoms with Gasteiger partial charge in [-0.2, -0.15) is 0 Å². The van der Waals surface area contributed by atoms with E-state index in [2.05, 4.69) is 9.97 Å². The number of carbonyl (C=O) groups is 1. The summed E-state index contributed by atoms with van der Waals surface area (Å²) >= 11 is 4.16. The number of H-pyrrole nitrogens is 1. The van der Waals surface area contributed by atoms with Gasteiger partial charge in [0.2, 0.25) is 5.91 Å². The summed E-state index contributed by atoms with van der Waals surface area (Å²) in [6.07, 6.45) is 0.479. The van der Waals surface area contributed by atoms with Crippen LogP contribution < -0.4 is 5.56 Å². The summed E-state index contributed by atoms with van der Waals surface area (Å²) in [4.78, 5) is 36.4. The maximum absolute atomic E-state index is 13.0. The molecule has 0 bridgehead atoms. The van der Waals surface area contributed by atoms with Crippen molar-refractivity contribution < 1.29 is 13.2 Å². The first kappa shape index (κ1) is 22.5. The van der Waals surface area contributed by atoms with E-state index in [9.17, 15) is 18.0 Å². The quantitative estimate of drug-likeness (QED) is 0.396. The third-order valence-corrected chi connectivity index (χ3v) is 9.46. The van der Waals surface area contributed by atoms with Crippen LogP contribution in [0.4, 0.5) is 0 Å². The SMILES string of the molecule is CC(C)CN(C(=O)CSc1nc2scc(-c3cccs3)c2c(=O)[nH]1)C1CCS(=O)(=O)C1. The molecule has 166 valence electrons. The lowest BCUT2D eigenvalue weighted by Crippen LogP contribution is -2.44. The summed E-state index contributed by atoms with van der Waals surface area (Å²) in [7, 11) is -3.08. The molecule has 1 aliphatic heterocycles. The van der Waals surface area contributed by atoms with Gasteiger partial charge in [-0.05, 0) is 23.8 Å². The number of carbonyl (C=O) groups excluding carboxylic acids is 1. The van der Waals surface area contributed by atoms with Crippen LogP contribution in [0.5, 0.6) is 0 Å². The highest BCUT2D eigenvalue weighted by Crippen LogP contribution is 2.34. The first-order valence-electron chi connectivity index (χ1n) is 9.91. The van der Waals surface area contributed by atoms with Crippen molar-refractivity contribution in [3.63, 3.8) is 0 Å². The first-order chi connectivity index (χ1) is 14.7. The van der Waals surface area contributed by atoms with E-state index in [1.165, 1.54) is 23.1 Å². The van der Waals surface area contributed by atoms with Crippen LogP contribution in [0.2, 0.25) is 0 Å². The van der Waals surface area contributed by atoms with E-state index in [1.54, 1.807) is 16.2 Å². The summed E-state index contributed by atoms with van der Waals surface area (Å²) in [5.74, 6) is 0.351. The Balaban J connectivity index is 1.51. The largest absolute Gasteiger partial charge is 0.338 e. The molecule has 31 heavy (non-hydrogen) atoms. The molecule has 1 atom stereocenters. The van der Waals surface area contributed by atoms with Crippen LogP contribution in [0.15, 0.2) is 32.8 Å². The molecule has 1 N–H and O–H groups in total. The van der Waals surface area contributed by atoms with Crippen molar-refractivity contribution in [1.82, 2.24) is 14.9 Å². The highest BCUT2D eigenvalue weighted by Gasteiger charge is 2.34. The fourth-order valence-electron chi connectivity index (χ4n) is 3.69. The number of amides is 1. The average Bonchev–Trinajstić information content (AvgIpc) is 3.43. The molecule has 4 heterocycles. The van der Waals surface area contributed by atoms with Crippen molar-refractivity contribution in [3.05, 3.63) is 33.2 Å². The van der Waals surface area contributed by atoms with Crippen LogP contribution >= 0.6 is 34.4 Å². The highest BCUT2D eigenvalue weighted by atomic mass is 32.2. The number of thioether (sulfide) groups is 1. The zero-order chi connectivity index (χ0) is 22.2. The number of nitrogens with one attached hydrogen (secondary N) is 1. The van der Waals surface area contributed by atoms with Crippen LogP contribution in [-0.2, 0) is 14.6 Å². The van der Waals surface area contributed by atoms with Crippen molar-refractivity contribution in [2.24, 2.45) is 5.92 Å². The Labute approximate surface area is 192 Å². The Morgan fingerprint density at radius 2 is 2.19 bits per heavy atom. The molecular weight excluding hydrogens is 475 g/mol. The molecule has 1 unspecified atom stereocenters.